The van der Waals surface area contributed by atoms with Gasteiger partial charge in [0.05, 0.1) is 0 Å². The van der Waals surface area contributed by atoms with E-state index in [0.29, 0.717) is 18.2 Å². The maximum atomic E-state index is 9.55. The molecule has 0 radical (unpaired) electrons. The van der Waals surface area contributed by atoms with Crippen molar-refractivity contribution < 1.29 is 19.8 Å². The summed E-state index contributed by atoms with van der Waals surface area (Å²) in [6.07, 6.45) is 10.5. The zero-order chi connectivity index (χ0) is 21.8. The molecular formula is C22H34N4O4. The maximum Gasteiger partial charge on any atom is 0.328 e. The molecule has 1 aromatic heterocycles. The number of hydrogen-bond acceptors (Lipinski definition) is 6. The van der Waals surface area contributed by atoms with Crippen molar-refractivity contribution in [1.29, 1.82) is 0 Å². The molecule has 2 saturated heterocycles. The normalized spacial score (nSPS) is 19.6. The van der Waals surface area contributed by atoms with Crippen molar-refractivity contribution in [1.82, 2.24) is 14.8 Å². The molecule has 166 valence electrons. The molecule has 3 heterocycles. The van der Waals surface area contributed by atoms with Crippen LogP contribution in [0.1, 0.15) is 32.6 Å². The Kier molecular flexibility index (Phi) is 10.3. The van der Waals surface area contributed by atoms with Crippen LogP contribution < -0.4 is 4.90 Å². The maximum absolute atomic E-state index is 9.55. The van der Waals surface area contributed by atoms with E-state index in [2.05, 4.69) is 38.7 Å². The molecule has 1 aromatic rings. The number of carboxylic acid groups (broad SMARTS) is 2. The summed E-state index contributed by atoms with van der Waals surface area (Å²) in [6, 6.07) is 4.92. The molecule has 0 amide bonds. The second kappa shape index (κ2) is 13.0. The standard InChI is InChI=1S/C18H30N4.C4H4O4/c1-17(16-20-10-4-2-3-5-11-20)21-12-14-22(15-13-21)18-6-8-19-9-7-18;5-3(6)1-2-4(7)8/h6-9,17H,2-5,10-16H2,1H3;1-2H,(H,5,6)(H,7,8)/b;2-1-. The zero-order valence-corrected chi connectivity index (χ0v) is 17.8. The summed E-state index contributed by atoms with van der Waals surface area (Å²) in [5.74, 6) is -2.51. The largest absolute Gasteiger partial charge is 0.478 e. The van der Waals surface area contributed by atoms with E-state index in [1.165, 1.54) is 64.1 Å². The number of rotatable bonds is 6. The molecule has 2 aliphatic rings. The van der Waals surface area contributed by atoms with Crippen LogP contribution in [0, 0.1) is 0 Å². The number of aliphatic carboxylic acids is 2. The molecule has 1 unspecified atom stereocenters. The number of aromatic nitrogens is 1. The highest BCUT2D eigenvalue weighted by molar-refractivity contribution is 5.89. The predicted molar refractivity (Wildman–Crippen MR) is 117 cm³/mol. The fraction of sp³-hybridized carbons (Fsp3) is 0.591. The van der Waals surface area contributed by atoms with Crippen LogP contribution in [0.15, 0.2) is 36.7 Å². The Hall–Kier alpha value is -2.45. The van der Waals surface area contributed by atoms with Gasteiger partial charge in [-0.25, -0.2) is 9.59 Å². The Morgan fingerprint density at radius 1 is 0.933 bits per heavy atom. The molecule has 1 atom stereocenters. The van der Waals surface area contributed by atoms with Crippen LogP contribution in [0.25, 0.3) is 0 Å². The van der Waals surface area contributed by atoms with Crippen molar-refractivity contribution in [2.45, 2.75) is 38.6 Å². The molecule has 8 nitrogen and oxygen atoms in total. The first-order valence-electron chi connectivity index (χ1n) is 10.7. The molecule has 0 bridgehead atoms. The Morgan fingerprint density at radius 2 is 1.47 bits per heavy atom. The second-order valence-electron chi connectivity index (χ2n) is 7.80. The molecule has 2 N–H and O–H groups in total. The topological polar surface area (TPSA) is 97.2 Å². The van der Waals surface area contributed by atoms with Crippen LogP contribution in [-0.2, 0) is 9.59 Å². The number of carboxylic acids is 2. The van der Waals surface area contributed by atoms with E-state index in [4.69, 9.17) is 10.2 Å². The molecule has 8 heteroatoms. The number of likely N-dealkylation sites (tertiary alicyclic amines) is 1. The van der Waals surface area contributed by atoms with E-state index in [1.54, 1.807) is 0 Å². The average molecular weight is 419 g/mol. The second-order valence-corrected chi connectivity index (χ2v) is 7.80. The number of anilines is 1. The monoisotopic (exact) mass is 418 g/mol. The van der Waals surface area contributed by atoms with Gasteiger partial charge in [-0.2, -0.15) is 0 Å². The van der Waals surface area contributed by atoms with Crippen molar-refractivity contribution in [2.24, 2.45) is 0 Å². The van der Waals surface area contributed by atoms with E-state index < -0.39 is 11.9 Å². The summed E-state index contributed by atoms with van der Waals surface area (Å²) in [5.41, 5.74) is 1.31. The first kappa shape index (κ1) is 23.8. The van der Waals surface area contributed by atoms with Gasteiger partial charge in [0, 0.05) is 69.0 Å². The molecule has 30 heavy (non-hydrogen) atoms. The third kappa shape index (κ3) is 8.92. The summed E-state index contributed by atoms with van der Waals surface area (Å²) in [4.78, 5) is 31.1. The Balaban J connectivity index is 0.000000343. The Labute approximate surface area is 178 Å². The third-order valence-corrected chi connectivity index (χ3v) is 5.56. The van der Waals surface area contributed by atoms with Crippen LogP contribution in [0.2, 0.25) is 0 Å². The molecule has 0 aliphatic carbocycles. The van der Waals surface area contributed by atoms with Gasteiger partial charge in [0.25, 0.3) is 0 Å². The molecule has 0 saturated carbocycles. The van der Waals surface area contributed by atoms with E-state index in [-0.39, 0.29) is 0 Å². The average Bonchev–Trinajstić information content (AvgIpc) is 3.02. The highest BCUT2D eigenvalue weighted by Crippen LogP contribution is 2.17. The van der Waals surface area contributed by atoms with Crippen LogP contribution in [0.4, 0.5) is 5.69 Å². The van der Waals surface area contributed by atoms with E-state index in [1.807, 2.05) is 12.4 Å². The lowest BCUT2D eigenvalue weighted by Gasteiger charge is -2.40. The van der Waals surface area contributed by atoms with Gasteiger partial charge < -0.3 is 20.0 Å². The smallest absolute Gasteiger partial charge is 0.328 e. The molecular weight excluding hydrogens is 384 g/mol. The lowest BCUT2D eigenvalue weighted by molar-refractivity contribution is -0.134. The van der Waals surface area contributed by atoms with Crippen LogP contribution >= 0.6 is 0 Å². The first-order valence-corrected chi connectivity index (χ1v) is 10.7. The number of carbonyl (C=O) groups is 2. The molecule has 0 spiro atoms. The number of nitrogens with zero attached hydrogens (tertiary/aromatic N) is 4. The van der Waals surface area contributed by atoms with Crippen LogP contribution in [-0.4, -0.2) is 88.8 Å². The highest BCUT2D eigenvalue weighted by atomic mass is 16.4. The third-order valence-electron chi connectivity index (χ3n) is 5.56. The molecule has 3 rings (SSSR count). The van der Waals surface area contributed by atoms with Crippen molar-refractivity contribution in [3.05, 3.63) is 36.7 Å². The van der Waals surface area contributed by atoms with Crippen LogP contribution in [0.3, 0.4) is 0 Å². The van der Waals surface area contributed by atoms with Crippen molar-refractivity contribution in [3.8, 4) is 0 Å². The van der Waals surface area contributed by atoms with E-state index >= 15 is 0 Å². The van der Waals surface area contributed by atoms with Gasteiger partial charge in [-0.1, -0.05) is 12.8 Å². The Morgan fingerprint density at radius 3 is 1.97 bits per heavy atom. The van der Waals surface area contributed by atoms with Gasteiger partial charge in [0.1, 0.15) is 0 Å². The summed E-state index contributed by atoms with van der Waals surface area (Å²) >= 11 is 0. The van der Waals surface area contributed by atoms with E-state index in [9.17, 15) is 9.59 Å². The predicted octanol–water partition coefficient (Wildman–Crippen LogP) is 2.18. The summed E-state index contributed by atoms with van der Waals surface area (Å²) in [5, 5.41) is 15.6. The summed E-state index contributed by atoms with van der Waals surface area (Å²) < 4.78 is 0. The zero-order valence-electron chi connectivity index (χ0n) is 17.8. The SMILES string of the molecule is CC(CN1CCCCCC1)N1CCN(c2ccncc2)CC1.O=C(O)/C=C\C(=O)O. The van der Waals surface area contributed by atoms with Gasteiger partial charge in [0.15, 0.2) is 0 Å². The van der Waals surface area contributed by atoms with Crippen LogP contribution in [0.5, 0.6) is 0 Å². The van der Waals surface area contributed by atoms with Gasteiger partial charge in [-0.05, 0) is 45.0 Å². The van der Waals surface area contributed by atoms with Gasteiger partial charge in [-0.3, -0.25) is 9.88 Å². The molecule has 0 aromatic carbocycles. The fourth-order valence-corrected chi connectivity index (χ4v) is 3.93. The summed E-state index contributed by atoms with van der Waals surface area (Å²) in [6.45, 7) is 10.9. The van der Waals surface area contributed by atoms with Gasteiger partial charge in [0.2, 0.25) is 0 Å². The first-order chi connectivity index (χ1) is 14.5. The highest BCUT2D eigenvalue weighted by Gasteiger charge is 2.23. The van der Waals surface area contributed by atoms with Gasteiger partial charge in [-0.15, -0.1) is 0 Å². The quantitative estimate of drug-likeness (QED) is 0.679. The Bertz CT molecular complexity index is 651. The minimum atomic E-state index is -1.26. The van der Waals surface area contributed by atoms with Gasteiger partial charge >= 0.3 is 11.9 Å². The van der Waals surface area contributed by atoms with E-state index in [0.717, 1.165) is 13.1 Å². The fourth-order valence-electron chi connectivity index (χ4n) is 3.93. The van der Waals surface area contributed by atoms with Crippen molar-refractivity contribution in [3.63, 3.8) is 0 Å². The number of hydrogen-bond donors (Lipinski definition) is 2. The molecule has 2 aliphatic heterocycles. The summed E-state index contributed by atoms with van der Waals surface area (Å²) in [7, 11) is 0. The lowest BCUT2D eigenvalue weighted by Crippen LogP contribution is -2.52. The van der Waals surface area contributed by atoms with Crippen molar-refractivity contribution >= 4 is 17.6 Å². The lowest BCUT2D eigenvalue weighted by atomic mass is 10.2. The minimum absolute atomic E-state index is 0.558. The molecule has 2 fully saturated rings. The number of pyridine rings is 1. The number of piperazine rings is 1. The minimum Gasteiger partial charge on any atom is -0.478 e. The van der Waals surface area contributed by atoms with Crippen molar-refractivity contribution in [2.75, 3.05) is 50.7 Å².